The van der Waals surface area contributed by atoms with Crippen LogP contribution in [-0.4, -0.2) is 11.9 Å². The molecule has 1 amide bonds. The molecule has 2 unspecified atom stereocenters. The first-order chi connectivity index (χ1) is 9.13. The van der Waals surface area contributed by atoms with E-state index < -0.39 is 0 Å². The van der Waals surface area contributed by atoms with Gasteiger partial charge in [0.25, 0.3) is 0 Å². The Balaban J connectivity index is 2.18. The van der Waals surface area contributed by atoms with Gasteiger partial charge in [-0.05, 0) is 43.4 Å². The normalized spacial score (nSPS) is 23.1. The van der Waals surface area contributed by atoms with Gasteiger partial charge in [0.05, 0.1) is 0 Å². The van der Waals surface area contributed by atoms with Crippen LogP contribution in [0.4, 0.5) is 5.69 Å². The molecule has 0 bridgehead atoms. The summed E-state index contributed by atoms with van der Waals surface area (Å²) in [5.41, 5.74) is 8.05. The van der Waals surface area contributed by atoms with E-state index in [-0.39, 0.29) is 5.91 Å². The van der Waals surface area contributed by atoms with Crippen molar-refractivity contribution in [2.24, 2.45) is 11.7 Å². The lowest BCUT2D eigenvalue weighted by Crippen LogP contribution is -2.32. The minimum Gasteiger partial charge on any atom is -0.382 e. The maximum absolute atomic E-state index is 11.4. The van der Waals surface area contributed by atoms with Crippen LogP contribution in [0.5, 0.6) is 0 Å². The van der Waals surface area contributed by atoms with Crippen LogP contribution >= 0.6 is 0 Å². The highest BCUT2D eigenvalue weighted by Gasteiger charge is 2.24. The number of nitrogens with one attached hydrogen (secondary N) is 1. The SMILES string of the molecule is CCC1CCCCC1Nc1cccc(C(N)=O)c1C. The molecule has 19 heavy (non-hydrogen) atoms. The number of anilines is 1. The number of amides is 1. The van der Waals surface area contributed by atoms with Gasteiger partial charge in [-0.2, -0.15) is 0 Å². The van der Waals surface area contributed by atoms with Gasteiger partial charge in [-0.15, -0.1) is 0 Å². The zero-order valence-corrected chi connectivity index (χ0v) is 11.9. The van der Waals surface area contributed by atoms with Gasteiger partial charge in [0, 0.05) is 17.3 Å². The Morgan fingerprint density at radius 1 is 1.37 bits per heavy atom. The van der Waals surface area contributed by atoms with E-state index in [4.69, 9.17) is 5.73 Å². The average molecular weight is 260 g/mol. The summed E-state index contributed by atoms with van der Waals surface area (Å²) < 4.78 is 0. The monoisotopic (exact) mass is 260 g/mol. The predicted octanol–water partition coefficient (Wildman–Crippen LogP) is 3.47. The van der Waals surface area contributed by atoms with Crippen molar-refractivity contribution in [2.45, 2.75) is 52.0 Å². The molecule has 3 N–H and O–H groups in total. The Morgan fingerprint density at radius 3 is 2.79 bits per heavy atom. The molecule has 3 heteroatoms. The number of carbonyl (C=O) groups excluding carboxylic acids is 1. The summed E-state index contributed by atoms with van der Waals surface area (Å²) in [5.74, 6) is 0.391. The fraction of sp³-hybridized carbons (Fsp3) is 0.562. The Bertz CT molecular complexity index is 456. The van der Waals surface area contributed by atoms with Crippen LogP contribution in [0.25, 0.3) is 0 Å². The van der Waals surface area contributed by atoms with E-state index in [1.165, 1.54) is 32.1 Å². The van der Waals surface area contributed by atoms with Crippen LogP contribution in [-0.2, 0) is 0 Å². The fourth-order valence-electron chi connectivity index (χ4n) is 3.15. The van der Waals surface area contributed by atoms with Crippen LogP contribution in [0, 0.1) is 12.8 Å². The number of rotatable bonds is 4. The van der Waals surface area contributed by atoms with Gasteiger partial charge in [-0.1, -0.05) is 32.3 Å². The Morgan fingerprint density at radius 2 is 2.11 bits per heavy atom. The first-order valence-electron chi connectivity index (χ1n) is 7.29. The molecule has 1 saturated carbocycles. The largest absolute Gasteiger partial charge is 0.382 e. The highest BCUT2D eigenvalue weighted by molar-refractivity contribution is 5.95. The van der Waals surface area contributed by atoms with Gasteiger partial charge in [0.2, 0.25) is 5.91 Å². The Kier molecular flexibility index (Phi) is 4.46. The van der Waals surface area contributed by atoms with Crippen molar-refractivity contribution in [3.8, 4) is 0 Å². The van der Waals surface area contributed by atoms with Crippen LogP contribution in [0.2, 0.25) is 0 Å². The molecule has 3 nitrogen and oxygen atoms in total. The minimum absolute atomic E-state index is 0.350. The lowest BCUT2D eigenvalue weighted by Gasteiger charge is -2.33. The molecule has 1 aliphatic carbocycles. The summed E-state index contributed by atoms with van der Waals surface area (Å²) >= 11 is 0. The van der Waals surface area contributed by atoms with E-state index in [2.05, 4.69) is 12.2 Å². The first-order valence-corrected chi connectivity index (χ1v) is 7.29. The number of benzene rings is 1. The summed E-state index contributed by atoms with van der Waals surface area (Å²) in [6.45, 7) is 4.23. The van der Waals surface area contributed by atoms with Crippen molar-refractivity contribution in [2.75, 3.05) is 5.32 Å². The van der Waals surface area contributed by atoms with Gasteiger partial charge in [0.15, 0.2) is 0 Å². The molecule has 1 aromatic carbocycles. The summed E-state index contributed by atoms with van der Waals surface area (Å²) in [6.07, 6.45) is 6.38. The van der Waals surface area contributed by atoms with Crippen molar-refractivity contribution in [1.29, 1.82) is 0 Å². The van der Waals surface area contributed by atoms with Crippen LogP contribution in [0.15, 0.2) is 18.2 Å². The number of primary amides is 1. The fourth-order valence-corrected chi connectivity index (χ4v) is 3.15. The minimum atomic E-state index is -0.350. The molecule has 0 radical (unpaired) electrons. The second-order valence-corrected chi connectivity index (χ2v) is 5.55. The molecule has 0 heterocycles. The standard InChI is InChI=1S/C16H24N2O/c1-3-12-7-4-5-9-15(12)18-14-10-6-8-13(11(14)2)16(17)19/h6,8,10,12,15,18H,3-5,7,9H2,1-2H3,(H2,17,19). The third-order valence-corrected chi connectivity index (χ3v) is 4.37. The molecule has 1 aromatic rings. The maximum Gasteiger partial charge on any atom is 0.249 e. The van der Waals surface area contributed by atoms with Crippen molar-refractivity contribution in [3.63, 3.8) is 0 Å². The van der Waals surface area contributed by atoms with Gasteiger partial charge in [-0.25, -0.2) is 0 Å². The van der Waals surface area contributed by atoms with Crippen LogP contribution in [0.3, 0.4) is 0 Å². The maximum atomic E-state index is 11.4. The number of nitrogens with two attached hydrogens (primary N) is 1. The number of hydrogen-bond donors (Lipinski definition) is 2. The summed E-state index contributed by atoms with van der Waals surface area (Å²) in [4.78, 5) is 11.4. The molecular weight excluding hydrogens is 236 g/mol. The molecule has 0 spiro atoms. The molecule has 0 saturated heterocycles. The quantitative estimate of drug-likeness (QED) is 0.871. The molecule has 2 rings (SSSR count). The van der Waals surface area contributed by atoms with Crippen molar-refractivity contribution in [1.82, 2.24) is 0 Å². The van der Waals surface area contributed by atoms with E-state index in [0.29, 0.717) is 11.6 Å². The lowest BCUT2D eigenvalue weighted by molar-refractivity contribution is 0.1000. The summed E-state index contributed by atoms with van der Waals surface area (Å²) in [5, 5.41) is 3.64. The van der Waals surface area contributed by atoms with Crippen molar-refractivity contribution < 1.29 is 4.79 Å². The second kappa shape index (κ2) is 6.09. The molecule has 0 aliphatic heterocycles. The zero-order valence-electron chi connectivity index (χ0n) is 11.9. The third-order valence-electron chi connectivity index (χ3n) is 4.37. The lowest BCUT2D eigenvalue weighted by atomic mass is 9.82. The first kappa shape index (κ1) is 13.9. The molecule has 1 fully saturated rings. The van der Waals surface area contributed by atoms with E-state index in [1.807, 2.05) is 19.1 Å². The van der Waals surface area contributed by atoms with Gasteiger partial charge < -0.3 is 11.1 Å². The molecule has 104 valence electrons. The highest BCUT2D eigenvalue weighted by atomic mass is 16.1. The summed E-state index contributed by atoms with van der Waals surface area (Å²) in [6, 6.07) is 6.27. The Labute approximate surface area is 115 Å². The van der Waals surface area contributed by atoms with Gasteiger partial charge >= 0.3 is 0 Å². The molecular formula is C16H24N2O. The topological polar surface area (TPSA) is 55.1 Å². The van der Waals surface area contributed by atoms with Gasteiger partial charge in [0.1, 0.15) is 0 Å². The number of hydrogen-bond acceptors (Lipinski definition) is 2. The van der Waals surface area contributed by atoms with Crippen molar-refractivity contribution >= 4 is 11.6 Å². The van der Waals surface area contributed by atoms with E-state index in [9.17, 15) is 4.79 Å². The highest BCUT2D eigenvalue weighted by Crippen LogP contribution is 2.30. The predicted molar refractivity (Wildman–Crippen MR) is 79.4 cm³/mol. The van der Waals surface area contributed by atoms with Crippen LogP contribution in [0.1, 0.15) is 54.9 Å². The van der Waals surface area contributed by atoms with Gasteiger partial charge in [-0.3, -0.25) is 4.79 Å². The molecule has 0 aromatic heterocycles. The molecule has 1 aliphatic rings. The van der Waals surface area contributed by atoms with E-state index >= 15 is 0 Å². The molecule has 2 atom stereocenters. The number of carbonyl (C=O) groups is 1. The smallest absolute Gasteiger partial charge is 0.249 e. The van der Waals surface area contributed by atoms with Crippen LogP contribution < -0.4 is 11.1 Å². The zero-order chi connectivity index (χ0) is 13.8. The van der Waals surface area contributed by atoms with Crippen molar-refractivity contribution in [3.05, 3.63) is 29.3 Å². The third kappa shape index (κ3) is 3.09. The van der Waals surface area contributed by atoms with E-state index in [0.717, 1.165) is 17.2 Å². The Hall–Kier alpha value is -1.51. The second-order valence-electron chi connectivity index (χ2n) is 5.55. The summed E-state index contributed by atoms with van der Waals surface area (Å²) in [7, 11) is 0. The average Bonchev–Trinajstić information content (AvgIpc) is 2.41. The van der Waals surface area contributed by atoms with E-state index in [1.54, 1.807) is 6.07 Å².